The summed E-state index contributed by atoms with van der Waals surface area (Å²) in [6.45, 7) is 0. The monoisotopic (exact) mass is 381 g/mol. The van der Waals surface area contributed by atoms with Gasteiger partial charge in [-0.3, -0.25) is 4.79 Å². The second-order valence-electron chi connectivity index (χ2n) is 5.48. The Morgan fingerprint density at radius 3 is 2.73 bits per heavy atom. The number of halogens is 1. The molecular weight excluding hydrogens is 370 g/mol. The van der Waals surface area contributed by atoms with Crippen LogP contribution in [0.3, 0.4) is 0 Å². The highest BCUT2D eigenvalue weighted by Gasteiger charge is 2.10. The lowest BCUT2D eigenvalue weighted by Crippen LogP contribution is -2.11. The normalized spacial score (nSPS) is 10.7. The highest BCUT2D eigenvalue weighted by atomic mass is 35.5. The second-order valence-corrected chi connectivity index (χ2v) is 6.52. The van der Waals surface area contributed by atoms with Crippen LogP contribution in [0, 0.1) is 0 Å². The van der Waals surface area contributed by atoms with Crippen LogP contribution >= 0.6 is 23.1 Å². The SMILES string of the molecule is O=C(Nc1ccc(-c2csnn2)cc1)c1cnn(-c2cccc(Cl)c2)c1. The minimum atomic E-state index is -0.235. The zero-order valence-electron chi connectivity index (χ0n) is 13.3. The smallest absolute Gasteiger partial charge is 0.258 e. The lowest BCUT2D eigenvalue weighted by Gasteiger charge is -2.04. The molecule has 0 spiro atoms. The number of aromatic nitrogens is 4. The van der Waals surface area contributed by atoms with E-state index in [9.17, 15) is 4.79 Å². The van der Waals surface area contributed by atoms with E-state index in [4.69, 9.17) is 11.6 Å². The van der Waals surface area contributed by atoms with E-state index < -0.39 is 0 Å². The summed E-state index contributed by atoms with van der Waals surface area (Å²) in [5.41, 5.74) is 3.70. The summed E-state index contributed by atoms with van der Waals surface area (Å²) in [5.74, 6) is -0.235. The number of rotatable bonds is 4. The zero-order valence-corrected chi connectivity index (χ0v) is 14.9. The van der Waals surface area contributed by atoms with E-state index in [-0.39, 0.29) is 5.91 Å². The Kier molecular flexibility index (Phi) is 4.47. The van der Waals surface area contributed by atoms with Crippen molar-refractivity contribution in [1.82, 2.24) is 19.4 Å². The summed E-state index contributed by atoms with van der Waals surface area (Å²) in [4.78, 5) is 12.4. The van der Waals surface area contributed by atoms with Crippen LogP contribution in [0.4, 0.5) is 5.69 Å². The summed E-state index contributed by atoms with van der Waals surface area (Å²) in [7, 11) is 0. The molecular formula is C18H12ClN5OS. The van der Waals surface area contributed by atoms with E-state index in [1.807, 2.05) is 41.8 Å². The van der Waals surface area contributed by atoms with Gasteiger partial charge < -0.3 is 5.32 Å². The molecule has 0 saturated heterocycles. The Hall–Kier alpha value is -3.03. The van der Waals surface area contributed by atoms with Crippen LogP contribution in [-0.2, 0) is 0 Å². The Labute approximate surface area is 158 Å². The molecule has 1 N–H and O–H groups in total. The lowest BCUT2D eigenvalue weighted by molar-refractivity contribution is 0.102. The van der Waals surface area contributed by atoms with Gasteiger partial charge in [0.2, 0.25) is 0 Å². The van der Waals surface area contributed by atoms with E-state index in [1.165, 1.54) is 17.7 Å². The molecule has 0 aliphatic heterocycles. The number of hydrogen-bond donors (Lipinski definition) is 1. The number of amides is 1. The molecule has 6 nitrogen and oxygen atoms in total. The molecule has 26 heavy (non-hydrogen) atoms. The van der Waals surface area contributed by atoms with E-state index in [2.05, 4.69) is 20.0 Å². The van der Waals surface area contributed by atoms with Gasteiger partial charge >= 0.3 is 0 Å². The summed E-state index contributed by atoms with van der Waals surface area (Å²) in [5, 5.41) is 13.6. The van der Waals surface area contributed by atoms with Crippen molar-refractivity contribution in [3.8, 4) is 16.9 Å². The standard InChI is InChI=1S/C18H12ClN5OS/c19-14-2-1-3-16(8-14)24-10-13(9-20-24)18(25)21-15-6-4-12(5-7-15)17-11-26-23-22-17/h1-11H,(H,21,25). The van der Waals surface area contributed by atoms with Crippen molar-refractivity contribution in [3.05, 3.63) is 76.9 Å². The van der Waals surface area contributed by atoms with E-state index >= 15 is 0 Å². The fraction of sp³-hybridized carbons (Fsp3) is 0. The number of anilines is 1. The van der Waals surface area contributed by atoms with Gasteiger partial charge in [0.25, 0.3) is 5.91 Å². The van der Waals surface area contributed by atoms with Crippen LogP contribution in [0.1, 0.15) is 10.4 Å². The number of nitrogens with zero attached hydrogens (tertiary/aromatic N) is 4. The largest absolute Gasteiger partial charge is 0.322 e. The summed E-state index contributed by atoms with van der Waals surface area (Å²) in [6, 6.07) is 14.7. The Morgan fingerprint density at radius 2 is 2.00 bits per heavy atom. The number of hydrogen-bond acceptors (Lipinski definition) is 5. The van der Waals surface area contributed by atoms with Crippen molar-refractivity contribution >= 4 is 34.7 Å². The minimum absolute atomic E-state index is 0.235. The van der Waals surface area contributed by atoms with Crippen molar-refractivity contribution < 1.29 is 4.79 Å². The molecule has 0 bridgehead atoms. The predicted octanol–water partition coefficient (Wildman–Crippen LogP) is 4.30. The molecule has 0 radical (unpaired) electrons. The molecule has 2 heterocycles. The number of carbonyl (C=O) groups excluding carboxylic acids is 1. The molecule has 1 amide bonds. The molecule has 0 aliphatic rings. The molecule has 0 saturated carbocycles. The van der Waals surface area contributed by atoms with Crippen LogP contribution in [0.5, 0.6) is 0 Å². The fourth-order valence-electron chi connectivity index (χ4n) is 2.42. The molecule has 4 rings (SSSR count). The van der Waals surface area contributed by atoms with Gasteiger partial charge in [-0.25, -0.2) is 4.68 Å². The Bertz CT molecular complexity index is 1040. The molecule has 0 aliphatic carbocycles. The molecule has 128 valence electrons. The maximum Gasteiger partial charge on any atom is 0.258 e. The summed E-state index contributed by atoms with van der Waals surface area (Å²) < 4.78 is 5.46. The zero-order chi connectivity index (χ0) is 17.9. The van der Waals surface area contributed by atoms with E-state index in [1.54, 1.807) is 23.0 Å². The first-order valence-corrected chi connectivity index (χ1v) is 8.90. The van der Waals surface area contributed by atoms with Gasteiger partial charge in [-0.05, 0) is 41.9 Å². The highest BCUT2D eigenvalue weighted by molar-refractivity contribution is 7.03. The van der Waals surface area contributed by atoms with Crippen LogP contribution in [0.25, 0.3) is 16.9 Å². The van der Waals surface area contributed by atoms with E-state index in [0.29, 0.717) is 16.3 Å². The maximum absolute atomic E-state index is 12.4. The minimum Gasteiger partial charge on any atom is -0.322 e. The van der Waals surface area contributed by atoms with Crippen LogP contribution in [-0.4, -0.2) is 25.3 Å². The first-order valence-electron chi connectivity index (χ1n) is 7.68. The molecule has 2 aromatic heterocycles. The topological polar surface area (TPSA) is 72.7 Å². The van der Waals surface area contributed by atoms with Crippen LogP contribution in [0.2, 0.25) is 5.02 Å². The maximum atomic E-state index is 12.4. The third-order valence-corrected chi connectivity index (χ3v) is 4.46. The van der Waals surface area contributed by atoms with Gasteiger partial charge in [0.05, 0.1) is 17.4 Å². The average molecular weight is 382 g/mol. The van der Waals surface area contributed by atoms with Crippen molar-refractivity contribution in [2.75, 3.05) is 5.32 Å². The quantitative estimate of drug-likeness (QED) is 0.572. The first kappa shape index (κ1) is 16.4. The molecule has 2 aromatic carbocycles. The second kappa shape index (κ2) is 7.07. The first-order chi connectivity index (χ1) is 12.7. The Morgan fingerprint density at radius 1 is 1.15 bits per heavy atom. The van der Waals surface area contributed by atoms with Gasteiger partial charge in [0, 0.05) is 27.9 Å². The Balaban J connectivity index is 1.48. The van der Waals surface area contributed by atoms with Gasteiger partial charge in [-0.15, -0.1) is 5.10 Å². The lowest BCUT2D eigenvalue weighted by atomic mass is 10.1. The van der Waals surface area contributed by atoms with Crippen LogP contribution in [0.15, 0.2) is 66.3 Å². The predicted molar refractivity (Wildman–Crippen MR) is 102 cm³/mol. The molecule has 0 unspecified atom stereocenters. The molecule has 0 fully saturated rings. The molecule has 8 heteroatoms. The highest BCUT2D eigenvalue weighted by Crippen LogP contribution is 2.20. The van der Waals surface area contributed by atoms with Gasteiger partial charge in [-0.2, -0.15) is 5.10 Å². The van der Waals surface area contributed by atoms with Gasteiger partial charge in [0.1, 0.15) is 5.69 Å². The third kappa shape index (κ3) is 3.49. The van der Waals surface area contributed by atoms with Crippen molar-refractivity contribution in [1.29, 1.82) is 0 Å². The fourth-order valence-corrected chi connectivity index (χ4v) is 3.07. The van der Waals surface area contributed by atoms with Crippen LogP contribution < -0.4 is 5.32 Å². The van der Waals surface area contributed by atoms with Gasteiger partial charge in [-0.1, -0.05) is 34.3 Å². The number of carbonyl (C=O) groups is 1. The van der Waals surface area contributed by atoms with E-state index in [0.717, 1.165) is 16.9 Å². The van der Waals surface area contributed by atoms with Crippen molar-refractivity contribution in [2.24, 2.45) is 0 Å². The van der Waals surface area contributed by atoms with Crippen molar-refractivity contribution in [2.45, 2.75) is 0 Å². The van der Waals surface area contributed by atoms with Crippen molar-refractivity contribution in [3.63, 3.8) is 0 Å². The van der Waals surface area contributed by atoms with Gasteiger partial charge in [0.15, 0.2) is 0 Å². The average Bonchev–Trinajstić information content (AvgIpc) is 3.35. The number of nitrogens with one attached hydrogen (secondary N) is 1. The number of benzene rings is 2. The molecule has 4 aromatic rings. The summed E-state index contributed by atoms with van der Waals surface area (Å²) >= 11 is 7.29. The molecule has 0 atom stereocenters. The summed E-state index contributed by atoms with van der Waals surface area (Å²) in [6.07, 6.45) is 3.18. The third-order valence-electron chi connectivity index (χ3n) is 3.72.